The maximum atomic E-state index is 12.0. The van der Waals surface area contributed by atoms with E-state index >= 15 is 0 Å². The second kappa shape index (κ2) is 9.35. The molecule has 0 heterocycles. The van der Waals surface area contributed by atoms with E-state index in [1.165, 1.54) is 4.90 Å². The zero-order valence-electron chi connectivity index (χ0n) is 13.9. The molecule has 0 fully saturated rings. The first kappa shape index (κ1) is 18.4. The maximum Gasteiger partial charge on any atom is 0.407 e. The Bertz CT molecular complexity index is 629. The third-order valence-corrected chi connectivity index (χ3v) is 4.46. The SMILES string of the molecule is CSc1ccc(CC(NC(=O)OCc2ccccc2)C(C)O)cc1. The Labute approximate surface area is 147 Å². The summed E-state index contributed by atoms with van der Waals surface area (Å²) in [5.41, 5.74) is 1.98. The Kier molecular flexibility index (Phi) is 7.15. The van der Waals surface area contributed by atoms with Gasteiger partial charge in [0.05, 0.1) is 12.1 Å². The molecule has 0 spiro atoms. The normalized spacial score (nSPS) is 13.1. The zero-order chi connectivity index (χ0) is 17.4. The second-order valence-corrected chi connectivity index (χ2v) is 6.49. The number of thioether (sulfide) groups is 1. The molecule has 2 aromatic rings. The first-order valence-electron chi connectivity index (χ1n) is 7.86. The van der Waals surface area contributed by atoms with E-state index in [1.54, 1.807) is 18.7 Å². The van der Waals surface area contributed by atoms with Crippen molar-refractivity contribution in [3.63, 3.8) is 0 Å². The molecular formula is C19H23NO3S. The van der Waals surface area contributed by atoms with Crippen LogP contribution in [-0.2, 0) is 17.8 Å². The van der Waals surface area contributed by atoms with Gasteiger partial charge in [-0.05, 0) is 42.9 Å². The van der Waals surface area contributed by atoms with Crippen LogP contribution in [0.3, 0.4) is 0 Å². The number of alkyl carbamates (subject to hydrolysis) is 1. The highest BCUT2D eigenvalue weighted by molar-refractivity contribution is 7.98. The van der Waals surface area contributed by atoms with Gasteiger partial charge in [0, 0.05) is 4.90 Å². The highest BCUT2D eigenvalue weighted by Crippen LogP contribution is 2.16. The third-order valence-electron chi connectivity index (χ3n) is 3.71. The van der Waals surface area contributed by atoms with Gasteiger partial charge < -0.3 is 15.2 Å². The third kappa shape index (κ3) is 5.91. The molecule has 2 atom stereocenters. The van der Waals surface area contributed by atoms with E-state index in [4.69, 9.17) is 4.74 Å². The van der Waals surface area contributed by atoms with E-state index in [1.807, 2.05) is 60.9 Å². The fourth-order valence-electron chi connectivity index (χ4n) is 2.27. The van der Waals surface area contributed by atoms with Crippen LogP contribution in [0.1, 0.15) is 18.1 Å². The Morgan fingerprint density at radius 3 is 2.38 bits per heavy atom. The molecule has 2 N–H and O–H groups in total. The van der Waals surface area contributed by atoms with E-state index in [0.717, 1.165) is 11.1 Å². The maximum absolute atomic E-state index is 12.0. The van der Waals surface area contributed by atoms with Gasteiger partial charge in [-0.1, -0.05) is 42.5 Å². The van der Waals surface area contributed by atoms with Crippen molar-refractivity contribution < 1.29 is 14.6 Å². The van der Waals surface area contributed by atoms with Crippen molar-refractivity contribution in [2.24, 2.45) is 0 Å². The summed E-state index contributed by atoms with van der Waals surface area (Å²) < 4.78 is 5.22. The van der Waals surface area contributed by atoms with Crippen molar-refractivity contribution in [1.82, 2.24) is 5.32 Å². The summed E-state index contributed by atoms with van der Waals surface area (Å²) in [4.78, 5) is 13.2. The summed E-state index contributed by atoms with van der Waals surface area (Å²) in [7, 11) is 0. The molecule has 0 aromatic heterocycles. The average molecular weight is 345 g/mol. The van der Waals surface area contributed by atoms with Crippen molar-refractivity contribution in [3.05, 3.63) is 65.7 Å². The summed E-state index contributed by atoms with van der Waals surface area (Å²) in [6.45, 7) is 1.88. The minimum Gasteiger partial charge on any atom is -0.445 e. The molecule has 1 amide bonds. The van der Waals surface area contributed by atoms with Crippen LogP contribution in [0.5, 0.6) is 0 Å². The topological polar surface area (TPSA) is 58.6 Å². The number of rotatable bonds is 7. The number of ether oxygens (including phenoxy) is 1. The van der Waals surface area contributed by atoms with Gasteiger partial charge >= 0.3 is 6.09 Å². The second-order valence-electron chi connectivity index (χ2n) is 5.61. The molecule has 5 heteroatoms. The van der Waals surface area contributed by atoms with Crippen LogP contribution in [0, 0.1) is 0 Å². The van der Waals surface area contributed by atoms with Gasteiger partial charge in [-0.25, -0.2) is 4.79 Å². The fraction of sp³-hybridized carbons (Fsp3) is 0.316. The molecule has 2 unspecified atom stereocenters. The van der Waals surface area contributed by atoms with Gasteiger partial charge in [-0.15, -0.1) is 11.8 Å². The first-order valence-corrected chi connectivity index (χ1v) is 9.09. The summed E-state index contributed by atoms with van der Waals surface area (Å²) in [6.07, 6.45) is 1.38. The van der Waals surface area contributed by atoms with E-state index < -0.39 is 18.2 Å². The number of hydrogen-bond acceptors (Lipinski definition) is 4. The molecule has 0 aliphatic rings. The number of benzene rings is 2. The Morgan fingerprint density at radius 1 is 1.12 bits per heavy atom. The van der Waals surface area contributed by atoms with E-state index in [-0.39, 0.29) is 6.61 Å². The number of hydrogen-bond donors (Lipinski definition) is 2. The number of nitrogens with one attached hydrogen (secondary N) is 1. The molecule has 0 saturated carbocycles. The summed E-state index contributed by atoms with van der Waals surface area (Å²) in [6, 6.07) is 17.2. The van der Waals surface area contributed by atoms with Crippen molar-refractivity contribution in [1.29, 1.82) is 0 Å². The Balaban J connectivity index is 1.88. The largest absolute Gasteiger partial charge is 0.445 e. The van der Waals surface area contributed by atoms with Gasteiger partial charge in [0.1, 0.15) is 6.61 Å². The fourth-order valence-corrected chi connectivity index (χ4v) is 2.68. The molecule has 4 nitrogen and oxygen atoms in total. The molecule has 2 rings (SSSR count). The standard InChI is InChI=1S/C19H23NO3S/c1-14(21)18(12-15-8-10-17(24-2)11-9-15)20-19(22)23-13-16-6-4-3-5-7-16/h3-11,14,18,21H,12-13H2,1-2H3,(H,20,22). The monoisotopic (exact) mass is 345 g/mol. The van der Waals surface area contributed by atoms with Crippen LogP contribution in [0.2, 0.25) is 0 Å². The van der Waals surface area contributed by atoms with Gasteiger partial charge in [0.2, 0.25) is 0 Å². The van der Waals surface area contributed by atoms with Crippen LogP contribution < -0.4 is 5.32 Å². The van der Waals surface area contributed by atoms with E-state index in [0.29, 0.717) is 6.42 Å². The lowest BCUT2D eigenvalue weighted by Gasteiger charge is -2.21. The van der Waals surface area contributed by atoms with Crippen LogP contribution in [-0.4, -0.2) is 29.6 Å². The minimum atomic E-state index is -0.672. The summed E-state index contributed by atoms with van der Waals surface area (Å²) >= 11 is 1.68. The van der Waals surface area contributed by atoms with Gasteiger partial charge in [0.15, 0.2) is 0 Å². The van der Waals surface area contributed by atoms with Crippen LogP contribution in [0.25, 0.3) is 0 Å². The predicted octanol–water partition coefficient (Wildman–Crippen LogP) is 3.63. The molecule has 0 aliphatic carbocycles. The lowest BCUT2D eigenvalue weighted by atomic mass is 10.0. The molecule has 2 aromatic carbocycles. The lowest BCUT2D eigenvalue weighted by molar-refractivity contribution is 0.109. The highest BCUT2D eigenvalue weighted by Gasteiger charge is 2.19. The molecular weight excluding hydrogens is 322 g/mol. The highest BCUT2D eigenvalue weighted by atomic mass is 32.2. The Hall–Kier alpha value is -1.98. The lowest BCUT2D eigenvalue weighted by Crippen LogP contribution is -2.43. The van der Waals surface area contributed by atoms with Crippen molar-refractivity contribution in [3.8, 4) is 0 Å². The van der Waals surface area contributed by atoms with Crippen molar-refractivity contribution in [2.75, 3.05) is 6.26 Å². The van der Waals surface area contributed by atoms with E-state index in [2.05, 4.69) is 5.32 Å². The quantitative estimate of drug-likeness (QED) is 0.753. The molecule has 128 valence electrons. The smallest absolute Gasteiger partial charge is 0.407 e. The number of aliphatic hydroxyl groups is 1. The summed E-state index contributed by atoms with van der Waals surface area (Å²) in [5, 5.41) is 12.7. The van der Waals surface area contributed by atoms with Crippen LogP contribution in [0.4, 0.5) is 4.79 Å². The predicted molar refractivity (Wildman–Crippen MR) is 97.2 cm³/mol. The first-order chi connectivity index (χ1) is 11.6. The van der Waals surface area contributed by atoms with Gasteiger partial charge in [-0.2, -0.15) is 0 Å². The summed E-state index contributed by atoms with van der Waals surface area (Å²) in [5.74, 6) is 0. The average Bonchev–Trinajstić information content (AvgIpc) is 2.61. The van der Waals surface area contributed by atoms with Gasteiger partial charge in [0.25, 0.3) is 0 Å². The number of carbonyl (C=O) groups excluding carboxylic acids is 1. The van der Waals surface area contributed by atoms with Gasteiger partial charge in [-0.3, -0.25) is 0 Å². The number of carbonyl (C=O) groups is 1. The van der Waals surface area contributed by atoms with Crippen molar-refractivity contribution >= 4 is 17.9 Å². The van der Waals surface area contributed by atoms with Crippen molar-refractivity contribution in [2.45, 2.75) is 37.0 Å². The minimum absolute atomic E-state index is 0.210. The molecule has 0 radical (unpaired) electrons. The number of amides is 1. The molecule has 0 bridgehead atoms. The molecule has 0 saturated heterocycles. The Morgan fingerprint density at radius 2 is 1.79 bits per heavy atom. The zero-order valence-corrected chi connectivity index (χ0v) is 14.8. The van der Waals surface area contributed by atoms with Crippen LogP contribution in [0.15, 0.2) is 59.5 Å². The van der Waals surface area contributed by atoms with Crippen LogP contribution >= 0.6 is 11.8 Å². The van der Waals surface area contributed by atoms with E-state index in [9.17, 15) is 9.90 Å². The molecule has 24 heavy (non-hydrogen) atoms. The number of aliphatic hydroxyl groups excluding tert-OH is 1. The molecule has 0 aliphatic heterocycles.